The molecule has 2 unspecified atom stereocenters. The number of allylic oxidation sites excluding steroid dienone is 3. The van der Waals surface area contributed by atoms with E-state index < -0.39 is 0 Å². The van der Waals surface area contributed by atoms with E-state index in [0.29, 0.717) is 5.92 Å². The maximum absolute atomic E-state index is 9.88. The first-order valence-corrected chi connectivity index (χ1v) is 8.29. The highest BCUT2D eigenvalue weighted by Gasteiger charge is 2.32. The number of aliphatic hydroxyl groups excluding tert-OH is 1. The molecule has 1 heteroatoms. The van der Waals surface area contributed by atoms with E-state index in [1.54, 1.807) is 5.57 Å². The van der Waals surface area contributed by atoms with Crippen molar-refractivity contribution >= 4 is 0 Å². The van der Waals surface area contributed by atoms with Crippen molar-refractivity contribution in [2.45, 2.75) is 70.8 Å². The molecule has 106 valence electrons. The fourth-order valence-electron chi connectivity index (χ4n) is 4.66. The molecule has 3 fully saturated rings. The molecule has 3 saturated carbocycles. The third-order valence-corrected chi connectivity index (χ3v) is 5.49. The molecule has 0 radical (unpaired) electrons. The van der Waals surface area contributed by atoms with Gasteiger partial charge >= 0.3 is 0 Å². The van der Waals surface area contributed by atoms with Gasteiger partial charge in [0.1, 0.15) is 0 Å². The molecule has 4 atom stereocenters. The number of fused-ring (bicyclic) bond motifs is 1. The topological polar surface area (TPSA) is 20.2 Å². The Balaban J connectivity index is 1.70. The Kier molecular flexibility index (Phi) is 4.12. The summed E-state index contributed by atoms with van der Waals surface area (Å²) in [6.45, 7) is 2.26. The Bertz CT molecular complexity index is 367. The van der Waals surface area contributed by atoms with E-state index in [1.807, 2.05) is 0 Å². The summed E-state index contributed by atoms with van der Waals surface area (Å²) in [7, 11) is 0. The highest BCUT2D eigenvalue weighted by Crippen LogP contribution is 2.45. The van der Waals surface area contributed by atoms with Crippen molar-refractivity contribution in [2.75, 3.05) is 0 Å². The summed E-state index contributed by atoms with van der Waals surface area (Å²) in [5.74, 6) is 2.55. The predicted octanol–water partition coefficient (Wildman–Crippen LogP) is 4.62. The van der Waals surface area contributed by atoms with Crippen molar-refractivity contribution in [1.29, 1.82) is 0 Å². The van der Waals surface area contributed by atoms with Gasteiger partial charge in [-0.05, 0) is 69.1 Å². The van der Waals surface area contributed by atoms with E-state index in [-0.39, 0.29) is 6.10 Å². The molecular formula is C18H28O. The predicted molar refractivity (Wildman–Crippen MR) is 79.9 cm³/mol. The van der Waals surface area contributed by atoms with Crippen LogP contribution in [0, 0.1) is 17.8 Å². The Morgan fingerprint density at radius 1 is 1.05 bits per heavy atom. The Morgan fingerprint density at radius 3 is 2.74 bits per heavy atom. The van der Waals surface area contributed by atoms with Crippen molar-refractivity contribution in [3.63, 3.8) is 0 Å². The number of rotatable bonds is 1. The molecule has 0 spiro atoms. The zero-order chi connectivity index (χ0) is 13.2. The van der Waals surface area contributed by atoms with Gasteiger partial charge in [-0.15, -0.1) is 0 Å². The molecule has 0 amide bonds. The van der Waals surface area contributed by atoms with Crippen LogP contribution in [-0.4, -0.2) is 11.2 Å². The van der Waals surface area contributed by atoms with Crippen LogP contribution >= 0.6 is 0 Å². The second kappa shape index (κ2) is 5.83. The van der Waals surface area contributed by atoms with Crippen LogP contribution < -0.4 is 0 Å². The molecule has 1 N–H and O–H groups in total. The van der Waals surface area contributed by atoms with Crippen LogP contribution in [0.5, 0.6) is 0 Å². The van der Waals surface area contributed by atoms with Crippen molar-refractivity contribution < 1.29 is 5.11 Å². The minimum absolute atomic E-state index is 0.0982. The highest BCUT2D eigenvalue weighted by molar-refractivity contribution is 5.23. The lowest BCUT2D eigenvalue weighted by Crippen LogP contribution is -2.19. The molecule has 0 aromatic rings. The third-order valence-electron chi connectivity index (χ3n) is 5.49. The number of aliphatic hydroxyl groups is 1. The summed E-state index contributed by atoms with van der Waals surface area (Å²) in [4.78, 5) is 0. The standard InChI is InChI=1S/C18H28O/c1-13-10-14(12-17(19)11-13)8-9-16-5-2-4-15-6-3-7-18(15)16/h8-9,13,15,17-19H,2-7,10-12H2,1H3/b14-8+,16-9+/t13?,15?,17-,18+/m0/s1. The van der Waals surface area contributed by atoms with Crippen LogP contribution in [0.25, 0.3) is 0 Å². The monoisotopic (exact) mass is 260 g/mol. The van der Waals surface area contributed by atoms with Crippen molar-refractivity contribution in [3.05, 3.63) is 23.3 Å². The fourth-order valence-corrected chi connectivity index (χ4v) is 4.66. The van der Waals surface area contributed by atoms with E-state index in [0.717, 1.165) is 24.7 Å². The zero-order valence-corrected chi connectivity index (χ0v) is 12.3. The van der Waals surface area contributed by atoms with Gasteiger partial charge in [0.15, 0.2) is 0 Å². The molecule has 19 heavy (non-hydrogen) atoms. The quantitative estimate of drug-likeness (QED) is 0.729. The van der Waals surface area contributed by atoms with E-state index in [2.05, 4.69) is 19.1 Å². The Hall–Kier alpha value is -0.560. The molecule has 0 aliphatic heterocycles. The van der Waals surface area contributed by atoms with Crippen LogP contribution in [0.3, 0.4) is 0 Å². The van der Waals surface area contributed by atoms with Crippen LogP contribution in [0.4, 0.5) is 0 Å². The lowest BCUT2D eigenvalue weighted by molar-refractivity contribution is 0.128. The molecule has 1 nitrogen and oxygen atoms in total. The van der Waals surface area contributed by atoms with Crippen LogP contribution in [0.2, 0.25) is 0 Å². The van der Waals surface area contributed by atoms with E-state index >= 15 is 0 Å². The molecule has 0 bridgehead atoms. The first-order chi connectivity index (χ1) is 9.22. The minimum atomic E-state index is -0.0982. The van der Waals surface area contributed by atoms with Gasteiger partial charge in [0.2, 0.25) is 0 Å². The van der Waals surface area contributed by atoms with E-state index in [1.165, 1.54) is 50.5 Å². The lowest BCUT2D eigenvalue weighted by atomic mass is 9.77. The van der Waals surface area contributed by atoms with Crippen molar-refractivity contribution in [1.82, 2.24) is 0 Å². The normalized spacial score (nSPS) is 43.7. The van der Waals surface area contributed by atoms with E-state index in [9.17, 15) is 5.11 Å². The summed E-state index contributed by atoms with van der Waals surface area (Å²) in [5.41, 5.74) is 3.19. The summed E-state index contributed by atoms with van der Waals surface area (Å²) in [6, 6.07) is 0. The molecule has 3 rings (SSSR count). The minimum Gasteiger partial charge on any atom is -0.393 e. The first kappa shape index (κ1) is 13.4. The largest absolute Gasteiger partial charge is 0.393 e. The van der Waals surface area contributed by atoms with Gasteiger partial charge in [-0.25, -0.2) is 0 Å². The van der Waals surface area contributed by atoms with Gasteiger partial charge in [0.25, 0.3) is 0 Å². The Labute approximate surface area is 117 Å². The van der Waals surface area contributed by atoms with Crippen molar-refractivity contribution in [2.24, 2.45) is 17.8 Å². The molecule has 0 heterocycles. The molecule has 0 aromatic heterocycles. The average molecular weight is 260 g/mol. The lowest BCUT2D eigenvalue weighted by Gasteiger charge is -2.28. The summed E-state index contributed by atoms with van der Waals surface area (Å²) >= 11 is 0. The zero-order valence-electron chi connectivity index (χ0n) is 12.3. The van der Waals surface area contributed by atoms with Gasteiger partial charge in [-0.3, -0.25) is 0 Å². The molecule has 0 aromatic carbocycles. The Morgan fingerprint density at radius 2 is 1.89 bits per heavy atom. The molecule has 3 aliphatic rings. The van der Waals surface area contributed by atoms with Gasteiger partial charge in [0.05, 0.1) is 6.10 Å². The maximum atomic E-state index is 9.88. The fraction of sp³-hybridized carbons (Fsp3) is 0.778. The third kappa shape index (κ3) is 3.13. The molecule has 0 saturated heterocycles. The summed E-state index contributed by atoms with van der Waals surface area (Å²) < 4.78 is 0. The number of hydrogen-bond acceptors (Lipinski definition) is 1. The maximum Gasteiger partial charge on any atom is 0.0580 e. The molecular weight excluding hydrogens is 232 g/mol. The highest BCUT2D eigenvalue weighted by atomic mass is 16.3. The summed E-state index contributed by atoms with van der Waals surface area (Å²) in [5, 5.41) is 9.88. The summed E-state index contributed by atoms with van der Waals surface area (Å²) in [6.07, 6.45) is 16.3. The SMILES string of the molecule is CC1C/C(=C\C=C2/CCCC3CCC[C@@H]23)C[C@@H](O)C1. The second-order valence-corrected chi connectivity index (χ2v) is 7.16. The van der Waals surface area contributed by atoms with E-state index in [4.69, 9.17) is 0 Å². The number of hydrogen-bond donors (Lipinski definition) is 1. The van der Waals surface area contributed by atoms with Crippen LogP contribution in [-0.2, 0) is 0 Å². The van der Waals surface area contributed by atoms with Gasteiger partial charge in [-0.2, -0.15) is 0 Å². The van der Waals surface area contributed by atoms with Crippen LogP contribution in [0.15, 0.2) is 23.3 Å². The van der Waals surface area contributed by atoms with Crippen LogP contribution in [0.1, 0.15) is 64.7 Å². The van der Waals surface area contributed by atoms with Gasteiger partial charge in [-0.1, -0.05) is 36.6 Å². The van der Waals surface area contributed by atoms with Crippen molar-refractivity contribution in [3.8, 4) is 0 Å². The average Bonchev–Trinajstić information content (AvgIpc) is 2.83. The first-order valence-electron chi connectivity index (χ1n) is 8.29. The van der Waals surface area contributed by atoms with Gasteiger partial charge in [0, 0.05) is 0 Å². The smallest absolute Gasteiger partial charge is 0.0580 e. The van der Waals surface area contributed by atoms with Gasteiger partial charge < -0.3 is 5.11 Å². The molecule has 3 aliphatic carbocycles. The second-order valence-electron chi connectivity index (χ2n) is 7.16.